The third kappa shape index (κ3) is 8.27. The summed E-state index contributed by atoms with van der Waals surface area (Å²) in [5.41, 5.74) is 3.82. The Hall–Kier alpha value is -4.14. The summed E-state index contributed by atoms with van der Waals surface area (Å²) < 4.78 is 29.3. The molecule has 0 aliphatic carbocycles. The molecule has 0 bridgehead atoms. The van der Waals surface area contributed by atoms with Crippen molar-refractivity contribution >= 4 is 39.1 Å². The molecule has 0 spiro atoms. The molecule has 4 aromatic rings. The highest BCUT2D eigenvalue weighted by Crippen LogP contribution is 2.27. The molecule has 0 aliphatic heterocycles. The second-order valence-corrected chi connectivity index (χ2v) is 13.4. The lowest BCUT2D eigenvalue weighted by Crippen LogP contribution is -2.54. The Labute approximate surface area is 265 Å². The van der Waals surface area contributed by atoms with Crippen molar-refractivity contribution in [2.45, 2.75) is 57.6 Å². The lowest BCUT2D eigenvalue weighted by molar-refractivity contribution is -0.140. The number of hydrogen-bond donors (Lipinski definition) is 1. The molecule has 2 amide bonds. The molecule has 230 valence electrons. The Bertz CT molecular complexity index is 1690. The van der Waals surface area contributed by atoms with Gasteiger partial charge in [0.2, 0.25) is 11.8 Å². The van der Waals surface area contributed by atoms with Gasteiger partial charge in [-0.25, -0.2) is 8.42 Å². The maximum Gasteiger partial charge on any atom is 0.264 e. The van der Waals surface area contributed by atoms with Crippen molar-refractivity contribution in [2.75, 3.05) is 10.8 Å². The summed E-state index contributed by atoms with van der Waals surface area (Å²) in [6.07, 6.45) is 0.249. The van der Waals surface area contributed by atoms with Gasteiger partial charge in [0, 0.05) is 24.0 Å². The first-order valence-electron chi connectivity index (χ1n) is 14.5. The second-order valence-electron chi connectivity index (χ2n) is 11.1. The number of carbonyl (C=O) groups is 2. The number of halogens is 1. The van der Waals surface area contributed by atoms with Gasteiger partial charge in [-0.1, -0.05) is 90.0 Å². The van der Waals surface area contributed by atoms with E-state index in [-0.39, 0.29) is 35.5 Å². The number of carbonyl (C=O) groups excluding carboxylic acids is 2. The van der Waals surface area contributed by atoms with E-state index >= 15 is 0 Å². The van der Waals surface area contributed by atoms with E-state index in [0.29, 0.717) is 5.02 Å². The summed E-state index contributed by atoms with van der Waals surface area (Å²) in [6, 6.07) is 28.9. The van der Waals surface area contributed by atoms with Gasteiger partial charge in [0.05, 0.1) is 10.6 Å². The predicted octanol–water partition coefficient (Wildman–Crippen LogP) is 6.32. The first-order valence-corrected chi connectivity index (χ1v) is 16.3. The lowest BCUT2D eigenvalue weighted by atomic mass is 10.0. The molecule has 0 fully saturated rings. The van der Waals surface area contributed by atoms with E-state index in [1.54, 1.807) is 30.3 Å². The molecule has 0 unspecified atom stereocenters. The van der Waals surface area contributed by atoms with E-state index in [1.807, 2.05) is 82.3 Å². The minimum atomic E-state index is -4.19. The van der Waals surface area contributed by atoms with Crippen LogP contribution in [-0.2, 0) is 32.6 Å². The summed E-state index contributed by atoms with van der Waals surface area (Å²) in [4.78, 5) is 29.8. The van der Waals surface area contributed by atoms with E-state index in [0.717, 1.165) is 26.6 Å². The summed E-state index contributed by atoms with van der Waals surface area (Å²) in [6.45, 7) is 7.11. The highest BCUT2D eigenvalue weighted by molar-refractivity contribution is 7.92. The quantitative estimate of drug-likeness (QED) is 0.198. The average Bonchev–Trinajstić information content (AvgIpc) is 2.98. The van der Waals surface area contributed by atoms with Crippen LogP contribution in [0.15, 0.2) is 108 Å². The minimum absolute atomic E-state index is 0.0414. The third-order valence-corrected chi connectivity index (χ3v) is 9.31. The van der Waals surface area contributed by atoms with Crippen LogP contribution in [0.3, 0.4) is 0 Å². The van der Waals surface area contributed by atoms with Gasteiger partial charge in [-0.3, -0.25) is 13.9 Å². The lowest BCUT2D eigenvalue weighted by Gasteiger charge is -2.34. The van der Waals surface area contributed by atoms with Crippen LogP contribution in [0.25, 0.3) is 0 Å². The summed E-state index contributed by atoms with van der Waals surface area (Å²) in [7, 11) is -4.19. The molecule has 0 aliphatic rings. The molecule has 1 atom stereocenters. The number of nitrogens with one attached hydrogen (secondary N) is 1. The molecule has 9 heteroatoms. The van der Waals surface area contributed by atoms with Crippen molar-refractivity contribution < 1.29 is 18.0 Å². The number of hydrogen-bond acceptors (Lipinski definition) is 4. The minimum Gasteiger partial charge on any atom is -0.352 e. The van der Waals surface area contributed by atoms with Gasteiger partial charge in [-0.15, -0.1) is 0 Å². The third-order valence-electron chi connectivity index (χ3n) is 7.29. The van der Waals surface area contributed by atoms with Gasteiger partial charge in [0.15, 0.2) is 0 Å². The molecule has 0 radical (unpaired) electrons. The SMILES string of the molecule is Cc1ccc(S(=O)(=O)N(CC(=O)N(Cc2ccccc2C)[C@H](Cc2ccccc2)C(=O)NC(C)C)c2cccc(Cl)c2)cc1. The Balaban J connectivity index is 1.82. The maximum absolute atomic E-state index is 14.5. The Morgan fingerprint density at radius 1 is 0.841 bits per heavy atom. The van der Waals surface area contributed by atoms with E-state index in [9.17, 15) is 18.0 Å². The number of rotatable bonds is 12. The highest BCUT2D eigenvalue weighted by Gasteiger charge is 2.35. The summed E-state index contributed by atoms with van der Waals surface area (Å²) >= 11 is 6.29. The van der Waals surface area contributed by atoms with Gasteiger partial charge in [0.25, 0.3) is 10.0 Å². The Kier molecular flexibility index (Phi) is 10.8. The van der Waals surface area contributed by atoms with E-state index in [4.69, 9.17) is 11.6 Å². The fourth-order valence-corrected chi connectivity index (χ4v) is 6.49. The van der Waals surface area contributed by atoms with Crippen LogP contribution in [-0.4, -0.2) is 43.8 Å². The largest absolute Gasteiger partial charge is 0.352 e. The highest BCUT2D eigenvalue weighted by atomic mass is 35.5. The fraction of sp³-hybridized carbons (Fsp3) is 0.257. The van der Waals surface area contributed by atoms with E-state index in [1.165, 1.54) is 23.1 Å². The van der Waals surface area contributed by atoms with Gasteiger partial charge in [0.1, 0.15) is 12.6 Å². The van der Waals surface area contributed by atoms with Gasteiger partial charge in [-0.2, -0.15) is 0 Å². The van der Waals surface area contributed by atoms with Crippen LogP contribution < -0.4 is 9.62 Å². The molecule has 1 N–H and O–H groups in total. The molecule has 4 aromatic carbocycles. The molecular weight excluding hydrogens is 594 g/mol. The van der Waals surface area contributed by atoms with Crippen LogP contribution in [0.1, 0.15) is 36.1 Å². The first kappa shape index (κ1) is 32.8. The molecular formula is C35H38ClN3O4S. The summed E-state index contributed by atoms with van der Waals surface area (Å²) in [5.74, 6) is -0.842. The number of amides is 2. The smallest absolute Gasteiger partial charge is 0.264 e. The topological polar surface area (TPSA) is 86.8 Å². The molecule has 0 saturated heterocycles. The first-order chi connectivity index (χ1) is 21.0. The van der Waals surface area contributed by atoms with Crippen molar-refractivity contribution in [3.05, 3.63) is 130 Å². The molecule has 4 rings (SSSR count). The van der Waals surface area contributed by atoms with Crippen molar-refractivity contribution in [3.63, 3.8) is 0 Å². The van der Waals surface area contributed by atoms with E-state index in [2.05, 4.69) is 5.32 Å². The van der Waals surface area contributed by atoms with Crippen LogP contribution in [0.4, 0.5) is 5.69 Å². The van der Waals surface area contributed by atoms with Crippen LogP contribution in [0.2, 0.25) is 5.02 Å². The van der Waals surface area contributed by atoms with Crippen molar-refractivity contribution in [3.8, 4) is 0 Å². The molecule has 0 aromatic heterocycles. The maximum atomic E-state index is 14.5. The fourth-order valence-electron chi connectivity index (χ4n) is 4.90. The number of nitrogens with zero attached hydrogens (tertiary/aromatic N) is 2. The predicted molar refractivity (Wildman–Crippen MR) is 176 cm³/mol. The van der Waals surface area contributed by atoms with Crippen molar-refractivity contribution in [2.24, 2.45) is 0 Å². The number of aryl methyl sites for hydroxylation is 2. The van der Waals surface area contributed by atoms with Crippen LogP contribution in [0, 0.1) is 13.8 Å². The van der Waals surface area contributed by atoms with Gasteiger partial charge in [-0.05, 0) is 74.7 Å². The normalized spacial score (nSPS) is 12.0. The summed E-state index contributed by atoms with van der Waals surface area (Å²) in [5, 5.41) is 3.30. The van der Waals surface area contributed by atoms with Crippen molar-refractivity contribution in [1.82, 2.24) is 10.2 Å². The molecule has 0 heterocycles. The number of sulfonamides is 1. The van der Waals surface area contributed by atoms with Crippen molar-refractivity contribution in [1.29, 1.82) is 0 Å². The average molecular weight is 632 g/mol. The van der Waals surface area contributed by atoms with E-state index < -0.39 is 28.5 Å². The zero-order valence-corrected chi connectivity index (χ0v) is 27.0. The van der Waals surface area contributed by atoms with Gasteiger partial charge >= 0.3 is 0 Å². The number of anilines is 1. The number of benzene rings is 4. The molecule has 0 saturated carbocycles. The monoisotopic (exact) mass is 631 g/mol. The zero-order chi connectivity index (χ0) is 31.9. The van der Waals surface area contributed by atoms with Gasteiger partial charge < -0.3 is 10.2 Å². The Morgan fingerprint density at radius 3 is 2.14 bits per heavy atom. The molecule has 44 heavy (non-hydrogen) atoms. The van der Waals surface area contributed by atoms with Crippen LogP contribution in [0.5, 0.6) is 0 Å². The Morgan fingerprint density at radius 2 is 1.50 bits per heavy atom. The van der Waals surface area contributed by atoms with Crippen LogP contribution >= 0.6 is 11.6 Å². The second kappa shape index (κ2) is 14.6. The molecule has 7 nitrogen and oxygen atoms in total. The zero-order valence-electron chi connectivity index (χ0n) is 25.4. The standard InChI is InChI=1S/C35H38ClN3O4S/c1-25(2)37-35(41)33(21-28-12-6-5-7-13-28)38(23-29-14-9-8-11-27(29)4)34(40)24-39(31-16-10-15-30(36)22-31)44(42,43)32-19-17-26(3)18-20-32/h5-20,22,25,33H,21,23-24H2,1-4H3,(H,37,41)/t33-/m1/s1.